The summed E-state index contributed by atoms with van der Waals surface area (Å²) < 4.78 is 5.16. The van der Waals surface area contributed by atoms with Crippen LogP contribution in [-0.4, -0.2) is 48.7 Å². The highest BCUT2D eigenvalue weighted by molar-refractivity contribution is 5.78. The molecule has 5 nitrogen and oxygen atoms in total. The number of methoxy groups -OCH3 is 1. The average molecular weight is 297 g/mol. The summed E-state index contributed by atoms with van der Waals surface area (Å²) in [5.74, 6) is -0.208. The molecular weight excluding hydrogens is 270 g/mol. The number of rotatable bonds is 6. The van der Waals surface area contributed by atoms with Crippen LogP contribution in [0.25, 0.3) is 0 Å². The Bertz CT molecular complexity index is 376. The Morgan fingerprint density at radius 1 is 1.24 bits per heavy atom. The summed E-state index contributed by atoms with van der Waals surface area (Å²) in [5.41, 5.74) is -0.305. The first-order valence-corrected chi connectivity index (χ1v) is 8.03. The standard InChI is InChI=1S/C16H27NO4/c1-21-12-13-5-8-17(11-13)14(18)9-16(10-15(19)20)6-3-2-4-7-16/h13H,2-12H2,1H3,(H,19,20). The fourth-order valence-electron chi connectivity index (χ4n) is 3.90. The van der Waals surface area contributed by atoms with Crippen molar-refractivity contribution in [1.82, 2.24) is 4.90 Å². The fraction of sp³-hybridized carbons (Fsp3) is 0.875. The Kier molecular flexibility index (Phi) is 5.62. The highest BCUT2D eigenvalue weighted by Gasteiger charge is 2.38. The first-order valence-electron chi connectivity index (χ1n) is 8.03. The highest BCUT2D eigenvalue weighted by Crippen LogP contribution is 2.43. The predicted octanol–water partition coefficient (Wildman–Crippen LogP) is 2.30. The maximum Gasteiger partial charge on any atom is 0.303 e. The van der Waals surface area contributed by atoms with Crippen LogP contribution in [0.5, 0.6) is 0 Å². The van der Waals surface area contributed by atoms with Gasteiger partial charge in [-0.15, -0.1) is 0 Å². The summed E-state index contributed by atoms with van der Waals surface area (Å²) in [5, 5.41) is 9.18. The van der Waals surface area contributed by atoms with E-state index < -0.39 is 5.97 Å². The number of carbonyl (C=O) groups excluding carboxylic acids is 1. The zero-order valence-corrected chi connectivity index (χ0v) is 13.0. The van der Waals surface area contributed by atoms with Crippen molar-refractivity contribution in [2.24, 2.45) is 11.3 Å². The smallest absolute Gasteiger partial charge is 0.303 e. The summed E-state index contributed by atoms with van der Waals surface area (Å²) in [7, 11) is 1.69. The first-order chi connectivity index (χ1) is 10.0. The van der Waals surface area contributed by atoms with Gasteiger partial charge in [0.05, 0.1) is 13.0 Å². The molecule has 2 fully saturated rings. The third-order valence-corrected chi connectivity index (χ3v) is 5.01. The lowest BCUT2D eigenvalue weighted by atomic mass is 9.69. The van der Waals surface area contributed by atoms with Gasteiger partial charge >= 0.3 is 5.97 Å². The Labute approximate surface area is 126 Å². The molecule has 120 valence electrons. The normalized spacial score (nSPS) is 25.0. The molecule has 0 radical (unpaired) electrons. The zero-order chi connectivity index (χ0) is 15.3. The molecule has 21 heavy (non-hydrogen) atoms. The van der Waals surface area contributed by atoms with E-state index in [0.717, 1.165) is 51.6 Å². The van der Waals surface area contributed by atoms with E-state index in [0.29, 0.717) is 18.9 Å². The number of hydrogen-bond donors (Lipinski definition) is 1. The van der Waals surface area contributed by atoms with Gasteiger partial charge < -0.3 is 14.7 Å². The van der Waals surface area contributed by atoms with Crippen molar-refractivity contribution in [3.63, 3.8) is 0 Å². The van der Waals surface area contributed by atoms with E-state index in [1.165, 1.54) is 0 Å². The monoisotopic (exact) mass is 297 g/mol. The van der Waals surface area contributed by atoms with Crippen molar-refractivity contribution >= 4 is 11.9 Å². The molecule has 0 aromatic carbocycles. The summed E-state index contributed by atoms with van der Waals surface area (Å²) in [6, 6.07) is 0. The topological polar surface area (TPSA) is 66.8 Å². The molecule has 1 N–H and O–H groups in total. The van der Waals surface area contributed by atoms with Crippen molar-refractivity contribution in [3.8, 4) is 0 Å². The minimum absolute atomic E-state index is 0.133. The van der Waals surface area contributed by atoms with Crippen LogP contribution in [0.3, 0.4) is 0 Å². The number of ether oxygens (including phenoxy) is 1. The van der Waals surface area contributed by atoms with Crippen molar-refractivity contribution in [1.29, 1.82) is 0 Å². The number of aliphatic carboxylic acids is 1. The van der Waals surface area contributed by atoms with Crippen LogP contribution >= 0.6 is 0 Å². The molecule has 1 aliphatic carbocycles. The van der Waals surface area contributed by atoms with Crippen molar-refractivity contribution < 1.29 is 19.4 Å². The quantitative estimate of drug-likeness (QED) is 0.817. The van der Waals surface area contributed by atoms with Gasteiger partial charge in [0, 0.05) is 32.5 Å². The molecule has 5 heteroatoms. The van der Waals surface area contributed by atoms with E-state index in [4.69, 9.17) is 4.74 Å². The number of amides is 1. The van der Waals surface area contributed by atoms with Gasteiger partial charge in [-0.25, -0.2) is 0 Å². The minimum atomic E-state index is -0.775. The second-order valence-electron chi connectivity index (χ2n) is 6.76. The molecule has 0 aromatic heterocycles. The van der Waals surface area contributed by atoms with Crippen LogP contribution in [0.15, 0.2) is 0 Å². The lowest BCUT2D eigenvalue weighted by Crippen LogP contribution is -2.37. The number of carboxylic acids is 1. The number of carbonyl (C=O) groups is 2. The number of likely N-dealkylation sites (tertiary alicyclic amines) is 1. The Balaban J connectivity index is 1.93. The molecule has 0 aromatic rings. The zero-order valence-electron chi connectivity index (χ0n) is 13.0. The molecule has 1 aliphatic heterocycles. The summed E-state index contributed by atoms with van der Waals surface area (Å²) in [6.07, 6.45) is 6.54. The molecule has 1 heterocycles. The number of hydrogen-bond acceptors (Lipinski definition) is 3. The second kappa shape index (κ2) is 7.25. The maximum atomic E-state index is 12.5. The van der Waals surface area contributed by atoms with Crippen LogP contribution in [-0.2, 0) is 14.3 Å². The predicted molar refractivity (Wildman–Crippen MR) is 79.0 cm³/mol. The molecular formula is C16H27NO4. The van der Waals surface area contributed by atoms with Gasteiger partial charge in [0.2, 0.25) is 5.91 Å². The van der Waals surface area contributed by atoms with Gasteiger partial charge in [0.25, 0.3) is 0 Å². The molecule has 0 bridgehead atoms. The van der Waals surface area contributed by atoms with E-state index in [2.05, 4.69) is 0 Å². The van der Waals surface area contributed by atoms with Crippen molar-refractivity contribution in [2.75, 3.05) is 26.8 Å². The molecule has 0 spiro atoms. The number of carboxylic acid groups (broad SMARTS) is 1. The Morgan fingerprint density at radius 2 is 1.95 bits per heavy atom. The van der Waals surface area contributed by atoms with E-state index in [-0.39, 0.29) is 17.7 Å². The summed E-state index contributed by atoms with van der Waals surface area (Å²) >= 11 is 0. The summed E-state index contributed by atoms with van der Waals surface area (Å²) in [6.45, 7) is 2.25. The van der Waals surface area contributed by atoms with Gasteiger partial charge in [-0.05, 0) is 24.7 Å². The van der Waals surface area contributed by atoms with Gasteiger partial charge in [0.1, 0.15) is 0 Å². The molecule has 1 unspecified atom stereocenters. The molecule has 1 saturated carbocycles. The lowest BCUT2D eigenvalue weighted by molar-refractivity contribution is -0.142. The number of nitrogens with zero attached hydrogens (tertiary/aromatic N) is 1. The lowest BCUT2D eigenvalue weighted by Gasteiger charge is -2.36. The minimum Gasteiger partial charge on any atom is -0.481 e. The SMILES string of the molecule is COCC1CCN(C(=O)CC2(CC(=O)O)CCCCC2)C1. The largest absolute Gasteiger partial charge is 0.481 e. The van der Waals surface area contributed by atoms with Gasteiger partial charge in [-0.2, -0.15) is 0 Å². The maximum absolute atomic E-state index is 12.5. The Morgan fingerprint density at radius 3 is 2.57 bits per heavy atom. The van der Waals surface area contributed by atoms with E-state index in [1.54, 1.807) is 7.11 Å². The third kappa shape index (κ3) is 4.43. The average Bonchev–Trinajstić information content (AvgIpc) is 2.88. The third-order valence-electron chi connectivity index (χ3n) is 5.01. The molecule has 1 amide bonds. The molecule has 1 saturated heterocycles. The van der Waals surface area contributed by atoms with Gasteiger partial charge in [-0.1, -0.05) is 19.3 Å². The fourth-order valence-corrected chi connectivity index (χ4v) is 3.90. The molecule has 2 rings (SSSR count). The second-order valence-corrected chi connectivity index (χ2v) is 6.76. The van der Waals surface area contributed by atoms with Gasteiger partial charge in [0.15, 0.2) is 0 Å². The van der Waals surface area contributed by atoms with Crippen molar-refractivity contribution in [2.45, 2.75) is 51.4 Å². The van der Waals surface area contributed by atoms with Crippen LogP contribution in [0, 0.1) is 11.3 Å². The van der Waals surface area contributed by atoms with Crippen LogP contribution in [0.4, 0.5) is 0 Å². The molecule has 1 atom stereocenters. The van der Waals surface area contributed by atoms with Crippen molar-refractivity contribution in [3.05, 3.63) is 0 Å². The summed E-state index contributed by atoms with van der Waals surface area (Å²) in [4.78, 5) is 25.6. The first kappa shape index (κ1) is 16.3. The van der Waals surface area contributed by atoms with E-state index >= 15 is 0 Å². The van der Waals surface area contributed by atoms with E-state index in [9.17, 15) is 14.7 Å². The van der Waals surface area contributed by atoms with Crippen LogP contribution < -0.4 is 0 Å². The molecule has 2 aliphatic rings. The van der Waals surface area contributed by atoms with E-state index in [1.807, 2.05) is 4.90 Å². The van der Waals surface area contributed by atoms with Crippen LogP contribution in [0.1, 0.15) is 51.4 Å². The van der Waals surface area contributed by atoms with Gasteiger partial charge in [-0.3, -0.25) is 9.59 Å². The Hall–Kier alpha value is -1.10. The highest BCUT2D eigenvalue weighted by atomic mass is 16.5. The van der Waals surface area contributed by atoms with Crippen LogP contribution in [0.2, 0.25) is 0 Å².